The molecular formula is C9H10BO3. The Labute approximate surface area is 77.3 Å². The van der Waals surface area contributed by atoms with Crippen molar-refractivity contribution >= 4 is 13.5 Å². The van der Waals surface area contributed by atoms with E-state index in [1.807, 2.05) is 24.3 Å². The summed E-state index contributed by atoms with van der Waals surface area (Å²) in [5.41, 5.74) is 2.15. The highest BCUT2D eigenvalue weighted by molar-refractivity contribution is 6.13. The largest absolute Gasteiger partial charge is 0.482 e. The van der Waals surface area contributed by atoms with Gasteiger partial charge in [0.1, 0.15) is 0 Å². The van der Waals surface area contributed by atoms with Gasteiger partial charge in [-0.3, -0.25) is 4.79 Å². The predicted octanol–water partition coefficient (Wildman–Crippen LogP) is 0.321. The molecule has 0 saturated carbocycles. The van der Waals surface area contributed by atoms with Crippen molar-refractivity contribution in [3.05, 3.63) is 35.4 Å². The van der Waals surface area contributed by atoms with Crippen molar-refractivity contribution in [1.29, 1.82) is 0 Å². The van der Waals surface area contributed by atoms with Crippen LogP contribution >= 0.6 is 0 Å². The summed E-state index contributed by atoms with van der Waals surface area (Å²) in [5.74, 6) is 0.301. The van der Waals surface area contributed by atoms with Crippen LogP contribution in [-0.2, 0) is 6.42 Å². The molecule has 1 radical (unpaired) electrons. The molecule has 0 aliphatic heterocycles. The van der Waals surface area contributed by atoms with Crippen molar-refractivity contribution in [3.63, 3.8) is 0 Å². The lowest BCUT2D eigenvalue weighted by atomic mass is 10.1. The number of ketones is 1. The van der Waals surface area contributed by atoms with Crippen molar-refractivity contribution in [3.8, 4) is 0 Å². The molecule has 0 unspecified atom stereocenters. The van der Waals surface area contributed by atoms with E-state index in [0.29, 0.717) is 12.2 Å². The third kappa shape index (κ3) is 2.40. The molecule has 0 spiro atoms. The standard InChI is InChI=1S/C9H8O.BH2O2/c10-9-6-5-7-3-1-2-4-8(7)9;2-1-3/h1-4H,5-6H2;2-3H. The van der Waals surface area contributed by atoms with Gasteiger partial charge < -0.3 is 10.0 Å². The molecule has 0 heterocycles. The van der Waals surface area contributed by atoms with E-state index in [-0.39, 0.29) is 7.69 Å². The second-order valence-corrected chi connectivity index (χ2v) is 2.70. The molecule has 67 valence electrons. The highest BCUT2D eigenvalue weighted by Crippen LogP contribution is 2.20. The summed E-state index contributed by atoms with van der Waals surface area (Å²) in [7, 11) is 0. The molecule has 0 saturated heterocycles. The van der Waals surface area contributed by atoms with E-state index in [0.717, 1.165) is 12.0 Å². The number of rotatable bonds is 0. The van der Waals surface area contributed by atoms with Crippen LogP contribution in [0.15, 0.2) is 24.3 Å². The normalized spacial score (nSPS) is 12.9. The van der Waals surface area contributed by atoms with Crippen LogP contribution in [0.25, 0.3) is 0 Å². The zero-order valence-electron chi connectivity index (χ0n) is 7.10. The number of aryl methyl sites for hydroxylation is 1. The summed E-state index contributed by atoms with van der Waals surface area (Å²) in [4.78, 5) is 11.1. The van der Waals surface area contributed by atoms with Crippen molar-refractivity contribution < 1.29 is 14.8 Å². The van der Waals surface area contributed by atoms with Crippen molar-refractivity contribution in [1.82, 2.24) is 0 Å². The fourth-order valence-corrected chi connectivity index (χ4v) is 1.39. The van der Waals surface area contributed by atoms with E-state index < -0.39 is 0 Å². The zero-order chi connectivity index (χ0) is 9.68. The summed E-state index contributed by atoms with van der Waals surface area (Å²) in [6.45, 7) is 0. The van der Waals surface area contributed by atoms with E-state index in [9.17, 15) is 4.79 Å². The second kappa shape index (κ2) is 4.79. The second-order valence-electron chi connectivity index (χ2n) is 2.70. The average Bonchev–Trinajstić information content (AvgIpc) is 2.50. The van der Waals surface area contributed by atoms with E-state index in [4.69, 9.17) is 10.0 Å². The number of benzene rings is 1. The van der Waals surface area contributed by atoms with E-state index in [1.54, 1.807) is 0 Å². The first-order valence-electron chi connectivity index (χ1n) is 4.00. The van der Waals surface area contributed by atoms with Crippen LogP contribution in [-0.4, -0.2) is 23.5 Å². The lowest BCUT2D eigenvalue weighted by Gasteiger charge is -1.92. The highest BCUT2D eigenvalue weighted by Gasteiger charge is 2.17. The van der Waals surface area contributed by atoms with Gasteiger partial charge in [0.05, 0.1) is 0 Å². The third-order valence-electron chi connectivity index (χ3n) is 1.94. The average molecular weight is 177 g/mol. The molecule has 0 aromatic heterocycles. The monoisotopic (exact) mass is 177 g/mol. The van der Waals surface area contributed by atoms with Crippen molar-refractivity contribution in [2.24, 2.45) is 0 Å². The Kier molecular flexibility index (Phi) is 3.67. The van der Waals surface area contributed by atoms with Crippen LogP contribution < -0.4 is 0 Å². The van der Waals surface area contributed by atoms with Gasteiger partial charge in [-0.25, -0.2) is 0 Å². The summed E-state index contributed by atoms with van der Waals surface area (Å²) in [6.07, 6.45) is 1.65. The highest BCUT2D eigenvalue weighted by atomic mass is 16.4. The van der Waals surface area contributed by atoms with E-state index >= 15 is 0 Å². The van der Waals surface area contributed by atoms with Crippen LogP contribution in [0.2, 0.25) is 0 Å². The predicted molar refractivity (Wildman–Crippen MR) is 49.3 cm³/mol. The quantitative estimate of drug-likeness (QED) is 0.561. The fourth-order valence-electron chi connectivity index (χ4n) is 1.39. The number of Topliss-reactive ketones (excluding diaryl/α,β-unsaturated/α-hetero) is 1. The van der Waals surface area contributed by atoms with Gasteiger partial charge in [-0.15, -0.1) is 0 Å². The van der Waals surface area contributed by atoms with Gasteiger partial charge in [0.15, 0.2) is 5.78 Å². The Morgan fingerprint density at radius 1 is 1.15 bits per heavy atom. The summed E-state index contributed by atoms with van der Waals surface area (Å²) >= 11 is 0. The maximum atomic E-state index is 11.1. The topological polar surface area (TPSA) is 57.5 Å². The maximum absolute atomic E-state index is 11.1. The van der Waals surface area contributed by atoms with Gasteiger partial charge in [-0.05, 0) is 12.0 Å². The van der Waals surface area contributed by atoms with Crippen molar-refractivity contribution in [2.45, 2.75) is 12.8 Å². The molecule has 4 heteroatoms. The number of hydrogen-bond donors (Lipinski definition) is 2. The molecule has 0 amide bonds. The Hall–Kier alpha value is -1.13. The van der Waals surface area contributed by atoms with Crippen LogP contribution in [0.5, 0.6) is 0 Å². The van der Waals surface area contributed by atoms with Gasteiger partial charge in [-0.2, -0.15) is 0 Å². The molecule has 3 nitrogen and oxygen atoms in total. The smallest absolute Gasteiger partial charge is 0.429 e. The van der Waals surface area contributed by atoms with E-state index in [1.165, 1.54) is 5.56 Å². The Bertz CT molecular complexity index is 299. The SMILES string of the molecule is O=C1CCc2ccccc21.O[B]O. The van der Waals surface area contributed by atoms with Gasteiger partial charge in [-0.1, -0.05) is 24.3 Å². The Morgan fingerprint density at radius 3 is 2.38 bits per heavy atom. The van der Waals surface area contributed by atoms with Gasteiger partial charge >= 0.3 is 7.69 Å². The van der Waals surface area contributed by atoms with Crippen LogP contribution in [0.4, 0.5) is 0 Å². The van der Waals surface area contributed by atoms with Gasteiger partial charge in [0.25, 0.3) is 0 Å². The lowest BCUT2D eigenvalue weighted by Crippen LogP contribution is -1.88. The molecule has 0 fully saturated rings. The zero-order valence-corrected chi connectivity index (χ0v) is 7.10. The molecule has 0 atom stereocenters. The molecule has 2 N–H and O–H groups in total. The van der Waals surface area contributed by atoms with Crippen LogP contribution in [0.3, 0.4) is 0 Å². The molecule has 1 aromatic rings. The number of carbonyl (C=O) groups is 1. The molecule has 13 heavy (non-hydrogen) atoms. The first-order valence-corrected chi connectivity index (χ1v) is 4.00. The minimum absolute atomic E-state index is 0. The number of carbonyl (C=O) groups excluding carboxylic acids is 1. The minimum atomic E-state index is 0. The minimum Gasteiger partial charge on any atom is -0.429 e. The molecule has 2 rings (SSSR count). The Balaban J connectivity index is 0.000000251. The first-order chi connectivity index (χ1) is 6.29. The fraction of sp³-hybridized carbons (Fsp3) is 0.222. The van der Waals surface area contributed by atoms with Gasteiger partial charge in [0.2, 0.25) is 0 Å². The molecule has 1 aromatic carbocycles. The van der Waals surface area contributed by atoms with E-state index in [2.05, 4.69) is 0 Å². The summed E-state index contributed by atoms with van der Waals surface area (Å²) < 4.78 is 0. The number of fused-ring (bicyclic) bond motifs is 1. The maximum Gasteiger partial charge on any atom is 0.482 e. The lowest BCUT2D eigenvalue weighted by molar-refractivity contribution is 0.0994. The Morgan fingerprint density at radius 2 is 1.77 bits per heavy atom. The summed E-state index contributed by atoms with van der Waals surface area (Å²) in [6, 6.07) is 7.84. The van der Waals surface area contributed by atoms with Gasteiger partial charge in [0, 0.05) is 12.0 Å². The van der Waals surface area contributed by atoms with Crippen LogP contribution in [0, 0.1) is 0 Å². The summed E-state index contributed by atoms with van der Waals surface area (Å²) in [5, 5.41) is 14.0. The molecule has 1 aliphatic rings. The van der Waals surface area contributed by atoms with Crippen LogP contribution in [0.1, 0.15) is 22.3 Å². The number of hydrogen-bond acceptors (Lipinski definition) is 3. The molecule has 1 aliphatic carbocycles. The first kappa shape index (κ1) is 9.96. The molecular weight excluding hydrogens is 167 g/mol. The van der Waals surface area contributed by atoms with Crippen molar-refractivity contribution in [2.75, 3.05) is 0 Å². The molecule has 0 bridgehead atoms. The third-order valence-corrected chi connectivity index (χ3v) is 1.94.